The number of piperazine rings is 1. The van der Waals surface area contributed by atoms with E-state index in [1.54, 1.807) is 0 Å². The Morgan fingerprint density at radius 1 is 0.941 bits per heavy atom. The van der Waals surface area contributed by atoms with E-state index < -0.39 is 0 Å². The standard InChI is InChI=1S/C14H28N2O/c1-2-15-8-10-16(11-9-15)12-13-6-4-3-5-7-14(13)17/h13-14,17H,2-12H2,1H3. The number of likely N-dealkylation sites (N-methyl/N-ethyl adjacent to an activating group) is 1. The second kappa shape index (κ2) is 6.72. The third-order valence-corrected chi connectivity index (χ3v) is 4.52. The molecule has 1 heterocycles. The molecule has 2 aliphatic rings. The lowest BCUT2D eigenvalue weighted by Gasteiger charge is -2.36. The first-order valence-corrected chi connectivity index (χ1v) is 7.42. The second-order valence-electron chi connectivity index (χ2n) is 5.70. The fraction of sp³-hybridized carbons (Fsp3) is 1.00. The molecule has 1 aliphatic carbocycles. The van der Waals surface area contributed by atoms with Crippen LogP contribution in [0.2, 0.25) is 0 Å². The van der Waals surface area contributed by atoms with Crippen molar-refractivity contribution in [2.45, 2.75) is 45.1 Å². The molecule has 17 heavy (non-hydrogen) atoms. The van der Waals surface area contributed by atoms with E-state index >= 15 is 0 Å². The van der Waals surface area contributed by atoms with Crippen molar-refractivity contribution in [3.05, 3.63) is 0 Å². The van der Waals surface area contributed by atoms with Gasteiger partial charge in [0.25, 0.3) is 0 Å². The summed E-state index contributed by atoms with van der Waals surface area (Å²) in [4.78, 5) is 5.07. The Morgan fingerprint density at radius 3 is 2.29 bits per heavy atom. The van der Waals surface area contributed by atoms with Gasteiger partial charge >= 0.3 is 0 Å². The highest BCUT2D eigenvalue weighted by atomic mass is 16.3. The molecule has 0 aromatic carbocycles. The third-order valence-electron chi connectivity index (χ3n) is 4.52. The molecular weight excluding hydrogens is 212 g/mol. The summed E-state index contributed by atoms with van der Waals surface area (Å²) in [6.07, 6.45) is 6.07. The summed E-state index contributed by atoms with van der Waals surface area (Å²) < 4.78 is 0. The maximum absolute atomic E-state index is 10.1. The zero-order valence-corrected chi connectivity index (χ0v) is 11.3. The minimum absolute atomic E-state index is 0.0401. The van der Waals surface area contributed by atoms with Gasteiger partial charge in [-0.05, 0) is 25.3 Å². The number of hydrogen-bond donors (Lipinski definition) is 1. The van der Waals surface area contributed by atoms with Gasteiger partial charge in [-0.15, -0.1) is 0 Å². The summed E-state index contributed by atoms with van der Waals surface area (Å²) in [7, 11) is 0. The second-order valence-corrected chi connectivity index (χ2v) is 5.70. The van der Waals surface area contributed by atoms with Gasteiger partial charge in [0.1, 0.15) is 0 Å². The number of aliphatic hydroxyl groups is 1. The number of hydrogen-bond acceptors (Lipinski definition) is 3. The average Bonchev–Trinajstić information content (AvgIpc) is 2.56. The number of nitrogens with zero attached hydrogens (tertiary/aromatic N) is 2. The van der Waals surface area contributed by atoms with Crippen LogP contribution in [-0.4, -0.2) is 60.3 Å². The van der Waals surface area contributed by atoms with Gasteiger partial charge in [-0.1, -0.05) is 26.2 Å². The molecule has 0 bridgehead atoms. The highest BCUT2D eigenvalue weighted by Gasteiger charge is 2.25. The Morgan fingerprint density at radius 2 is 1.59 bits per heavy atom. The highest BCUT2D eigenvalue weighted by molar-refractivity contribution is 4.79. The predicted octanol–water partition coefficient (Wildman–Crippen LogP) is 1.57. The van der Waals surface area contributed by atoms with E-state index in [1.807, 2.05) is 0 Å². The zero-order valence-electron chi connectivity index (χ0n) is 11.3. The van der Waals surface area contributed by atoms with Crippen molar-refractivity contribution in [1.82, 2.24) is 9.80 Å². The van der Waals surface area contributed by atoms with Gasteiger partial charge in [-0.2, -0.15) is 0 Å². The quantitative estimate of drug-likeness (QED) is 0.759. The van der Waals surface area contributed by atoms with Crippen molar-refractivity contribution in [3.8, 4) is 0 Å². The number of aliphatic hydroxyl groups excluding tert-OH is 1. The maximum atomic E-state index is 10.1. The van der Waals surface area contributed by atoms with E-state index in [0.29, 0.717) is 5.92 Å². The topological polar surface area (TPSA) is 26.7 Å². The van der Waals surface area contributed by atoms with E-state index in [9.17, 15) is 5.11 Å². The third kappa shape index (κ3) is 3.94. The minimum Gasteiger partial charge on any atom is -0.393 e. The fourth-order valence-corrected chi connectivity index (χ4v) is 3.20. The monoisotopic (exact) mass is 240 g/mol. The molecule has 2 unspecified atom stereocenters. The van der Waals surface area contributed by atoms with Crippen LogP contribution in [0.5, 0.6) is 0 Å². The van der Waals surface area contributed by atoms with Crippen LogP contribution in [0, 0.1) is 5.92 Å². The van der Waals surface area contributed by atoms with Crippen molar-refractivity contribution in [3.63, 3.8) is 0 Å². The largest absolute Gasteiger partial charge is 0.393 e. The average molecular weight is 240 g/mol. The highest BCUT2D eigenvalue weighted by Crippen LogP contribution is 2.24. The Balaban J connectivity index is 1.76. The molecule has 1 N–H and O–H groups in total. The van der Waals surface area contributed by atoms with E-state index in [-0.39, 0.29) is 6.10 Å². The van der Waals surface area contributed by atoms with E-state index in [1.165, 1.54) is 58.4 Å². The van der Waals surface area contributed by atoms with Crippen molar-refractivity contribution < 1.29 is 5.11 Å². The van der Waals surface area contributed by atoms with E-state index in [2.05, 4.69) is 16.7 Å². The van der Waals surface area contributed by atoms with Gasteiger partial charge in [0, 0.05) is 32.7 Å². The first-order chi connectivity index (χ1) is 8.29. The van der Waals surface area contributed by atoms with Crippen molar-refractivity contribution in [2.75, 3.05) is 39.3 Å². The van der Waals surface area contributed by atoms with Crippen molar-refractivity contribution in [2.24, 2.45) is 5.92 Å². The Kier molecular flexibility index (Phi) is 5.26. The molecule has 1 saturated carbocycles. The molecule has 2 fully saturated rings. The lowest BCUT2D eigenvalue weighted by atomic mass is 9.96. The Labute approximate surface area is 106 Å². The summed E-state index contributed by atoms with van der Waals surface area (Å²) >= 11 is 0. The lowest BCUT2D eigenvalue weighted by Crippen LogP contribution is -2.48. The molecule has 100 valence electrons. The molecule has 0 amide bonds. The van der Waals surface area contributed by atoms with Crippen LogP contribution in [0.3, 0.4) is 0 Å². The smallest absolute Gasteiger partial charge is 0.0580 e. The van der Waals surface area contributed by atoms with Crippen molar-refractivity contribution in [1.29, 1.82) is 0 Å². The summed E-state index contributed by atoms with van der Waals surface area (Å²) in [5.74, 6) is 0.533. The van der Waals surface area contributed by atoms with Crippen molar-refractivity contribution >= 4 is 0 Å². The lowest BCUT2D eigenvalue weighted by molar-refractivity contribution is 0.0549. The molecule has 3 heteroatoms. The fourth-order valence-electron chi connectivity index (χ4n) is 3.20. The Bertz CT molecular complexity index is 214. The maximum Gasteiger partial charge on any atom is 0.0580 e. The molecule has 0 aromatic heterocycles. The van der Waals surface area contributed by atoms with Gasteiger partial charge in [0.2, 0.25) is 0 Å². The molecule has 1 aliphatic heterocycles. The summed E-state index contributed by atoms with van der Waals surface area (Å²) in [6, 6.07) is 0. The van der Waals surface area contributed by atoms with Gasteiger partial charge < -0.3 is 14.9 Å². The zero-order chi connectivity index (χ0) is 12.1. The first-order valence-electron chi connectivity index (χ1n) is 7.42. The molecule has 3 nitrogen and oxygen atoms in total. The molecule has 0 radical (unpaired) electrons. The summed E-state index contributed by atoms with van der Waals surface area (Å²) in [6.45, 7) is 9.34. The predicted molar refractivity (Wildman–Crippen MR) is 71.1 cm³/mol. The van der Waals surface area contributed by atoms with E-state index in [4.69, 9.17) is 0 Å². The molecular formula is C14H28N2O. The van der Waals surface area contributed by atoms with Gasteiger partial charge in [-0.3, -0.25) is 0 Å². The van der Waals surface area contributed by atoms with Crippen LogP contribution in [0.1, 0.15) is 39.0 Å². The number of rotatable bonds is 3. The summed E-state index contributed by atoms with van der Waals surface area (Å²) in [5.41, 5.74) is 0. The van der Waals surface area contributed by atoms with Crippen LogP contribution < -0.4 is 0 Å². The van der Waals surface area contributed by atoms with Gasteiger partial charge in [0.05, 0.1) is 6.10 Å². The van der Waals surface area contributed by atoms with Crippen LogP contribution in [0.15, 0.2) is 0 Å². The van der Waals surface area contributed by atoms with E-state index in [0.717, 1.165) is 13.0 Å². The molecule has 2 rings (SSSR count). The summed E-state index contributed by atoms with van der Waals surface area (Å²) in [5, 5.41) is 10.1. The normalized spacial score (nSPS) is 33.5. The van der Waals surface area contributed by atoms with Gasteiger partial charge in [0.15, 0.2) is 0 Å². The van der Waals surface area contributed by atoms with Crippen LogP contribution in [-0.2, 0) is 0 Å². The first kappa shape index (κ1) is 13.3. The SMILES string of the molecule is CCN1CCN(CC2CCCCCC2O)CC1. The molecule has 0 aromatic rings. The molecule has 0 spiro atoms. The molecule has 2 atom stereocenters. The Hall–Kier alpha value is -0.120. The minimum atomic E-state index is -0.0401. The van der Waals surface area contributed by atoms with Crippen LogP contribution in [0.4, 0.5) is 0 Å². The van der Waals surface area contributed by atoms with Gasteiger partial charge in [-0.25, -0.2) is 0 Å². The molecule has 1 saturated heterocycles. The van der Waals surface area contributed by atoms with Crippen LogP contribution in [0.25, 0.3) is 0 Å². The van der Waals surface area contributed by atoms with Crippen LogP contribution >= 0.6 is 0 Å².